The fourth-order valence-corrected chi connectivity index (χ4v) is 5.02. The number of urea groups is 1. The predicted molar refractivity (Wildman–Crippen MR) is 108 cm³/mol. The van der Waals surface area contributed by atoms with E-state index >= 15 is 0 Å². The highest BCUT2D eigenvalue weighted by Gasteiger charge is 2.62. The Bertz CT molecular complexity index is 1130. The van der Waals surface area contributed by atoms with Crippen LogP contribution in [0, 0.1) is 5.41 Å². The zero-order valence-electron chi connectivity index (χ0n) is 16.5. The third kappa shape index (κ3) is 2.43. The number of morpholine rings is 1. The molecule has 0 saturated carbocycles. The third-order valence-corrected chi connectivity index (χ3v) is 6.50. The van der Waals surface area contributed by atoms with E-state index in [2.05, 4.69) is 10.2 Å². The fraction of sp³-hybridized carbons (Fsp3) is 0.318. The molecule has 2 atom stereocenters. The molecule has 31 heavy (non-hydrogen) atoms. The molecule has 0 bridgehead atoms. The predicted octanol–water partition coefficient (Wildman–Crippen LogP) is 1.45. The fourth-order valence-electron chi connectivity index (χ4n) is 5.02. The molecule has 6 rings (SSSR count). The van der Waals surface area contributed by atoms with Gasteiger partial charge < -0.3 is 19.1 Å². The Hall–Kier alpha value is -3.59. The number of benzene rings is 2. The van der Waals surface area contributed by atoms with Gasteiger partial charge in [-0.05, 0) is 30.2 Å². The zero-order valence-corrected chi connectivity index (χ0v) is 16.5. The number of hydrogen-bond acceptors (Lipinski definition) is 7. The number of fused-ring (bicyclic) bond motifs is 5. The number of para-hydroxylation sites is 1. The summed E-state index contributed by atoms with van der Waals surface area (Å²) in [5.41, 5.74) is 0.720. The van der Waals surface area contributed by atoms with Gasteiger partial charge in [-0.15, -0.1) is 0 Å². The van der Waals surface area contributed by atoms with Crippen LogP contribution in [0.4, 0.5) is 16.2 Å². The molecule has 2 aromatic rings. The number of carbonyl (C=O) groups is 3. The van der Waals surface area contributed by atoms with Gasteiger partial charge in [0.2, 0.25) is 12.7 Å². The van der Waals surface area contributed by atoms with E-state index in [4.69, 9.17) is 14.2 Å². The van der Waals surface area contributed by atoms with Crippen LogP contribution in [-0.4, -0.2) is 50.4 Å². The van der Waals surface area contributed by atoms with E-state index in [9.17, 15) is 14.4 Å². The normalized spacial score (nSPS) is 26.6. The maximum absolute atomic E-state index is 14.0. The molecule has 4 amide bonds. The second-order valence-corrected chi connectivity index (χ2v) is 8.00. The van der Waals surface area contributed by atoms with E-state index in [0.29, 0.717) is 30.3 Å². The van der Waals surface area contributed by atoms with Crippen molar-refractivity contribution in [1.82, 2.24) is 5.32 Å². The number of hydrogen-bond donors (Lipinski definition) is 1. The molecule has 2 aromatic carbocycles. The second kappa shape index (κ2) is 6.45. The molecule has 0 unspecified atom stereocenters. The van der Waals surface area contributed by atoms with Crippen LogP contribution in [0.3, 0.4) is 0 Å². The number of nitrogens with one attached hydrogen (secondary N) is 1. The first-order valence-electron chi connectivity index (χ1n) is 10.1. The Labute approximate surface area is 177 Å². The van der Waals surface area contributed by atoms with Gasteiger partial charge in [0, 0.05) is 18.3 Å². The van der Waals surface area contributed by atoms with E-state index in [1.54, 1.807) is 18.2 Å². The molecular formula is C22H19N3O6. The lowest BCUT2D eigenvalue weighted by Crippen LogP contribution is -2.74. The van der Waals surface area contributed by atoms with Gasteiger partial charge in [-0.3, -0.25) is 14.9 Å². The van der Waals surface area contributed by atoms with E-state index in [1.807, 2.05) is 24.3 Å². The van der Waals surface area contributed by atoms with Gasteiger partial charge >= 0.3 is 6.03 Å². The highest BCUT2D eigenvalue weighted by atomic mass is 16.7. The summed E-state index contributed by atoms with van der Waals surface area (Å²) in [5.74, 6) is -0.164. The largest absolute Gasteiger partial charge is 0.454 e. The molecule has 2 fully saturated rings. The van der Waals surface area contributed by atoms with Gasteiger partial charge in [0.15, 0.2) is 16.9 Å². The van der Waals surface area contributed by atoms with Crippen molar-refractivity contribution in [3.05, 3.63) is 48.0 Å². The summed E-state index contributed by atoms with van der Waals surface area (Å²) in [4.78, 5) is 43.2. The minimum absolute atomic E-state index is 0.0759. The zero-order chi connectivity index (χ0) is 21.2. The first kappa shape index (κ1) is 18.2. The van der Waals surface area contributed by atoms with Crippen LogP contribution in [0.25, 0.3) is 0 Å². The van der Waals surface area contributed by atoms with Crippen LogP contribution < -0.4 is 24.6 Å². The van der Waals surface area contributed by atoms with Crippen molar-refractivity contribution in [2.45, 2.75) is 12.5 Å². The van der Waals surface area contributed by atoms with Crippen LogP contribution in [0.1, 0.15) is 5.56 Å². The lowest BCUT2D eigenvalue weighted by molar-refractivity contribution is -0.146. The quantitative estimate of drug-likeness (QED) is 0.696. The van der Waals surface area contributed by atoms with Crippen molar-refractivity contribution >= 4 is 29.2 Å². The molecule has 4 aliphatic rings. The Balaban J connectivity index is 1.48. The number of imide groups is 2. The van der Waals surface area contributed by atoms with Gasteiger partial charge in [0.25, 0.3) is 5.91 Å². The second-order valence-electron chi connectivity index (χ2n) is 8.00. The number of anilines is 2. The van der Waals surface area contributed by atoms with Gasteiger partial charge in [-0.2, -0.15) is 0 Å². The standard InChI is InChI=1S/C22H19N3O6/c26-19-22(10-13-3-1-2-4-15(13)24-7-8-29-11-18(22)24)20(27)25(21(28)23-19)14-5-6-16-17(9-14)31-12-30-16/h1-6,9,18H,7-8,10-12H2,(H,23,26,28)/t18-,22-/m0/s1. The molecule has 1 N–H and O–H groups in total. The minimum atomic E-state index is -1.49. The molecule has 0 aliphatic carbocycles. The number of barbiturate groups is 1. The maximum atomic E-state index is 14.0. The average Bonchev–Trinajstić information content (AvgIpc) is 3.26. The smallest absolute Gasteiger partial charge is 0.335 e. The van der Waals surface area contributed by atoms with Gasteiger partial charge in [0.1, 0.15) is 0 Å². The summed E-state index contributed by atoms with van der Waals surface area (Å²) in [5, 5.41) is 2.42. The Kier molecular flexibility index (Phi) is 3.79. The molecule has 0 radical (unpaired) electrons. The highest BCUT2D eigenvalue weighted by Crippen LogP contribution is 2.46. The van der Waals surface area contributed by atoms with Crippen LogP contribution in [0.5, 0.6) is 11.5 Å². The van der Waals surface area contributed by atoms with Gasteiger partial charge in [0.05, 0.1) is 24.9 Å². The third-order valence-electron chi connectivity index (χ3n) is 6.50. The lowest BCUT2D eigenvalue weighted by Gasteiger charge is -2.53. The molecule has 4 aliphatic heterocycles. The highest BCUT2D eigenvalue weighted by molar-refractivity contribution is 6.30. The van der Waals surface area contributed by atoms with Crippen LogP contribution in [0.15, 0.2) is 42.5 Å². The van der Waals surface area contributed by atoms with Crippen molar-refractivity contribution in [1.29, 1.82) is 0 Å². The van der Waals surface area contributed by atoms with E-state index in [1.165, 1.54) is 0 Å². The summed E-state index contributed by atoms with van der Waals surface area (Å²) in [7, 11) is 0. The molecule has 2 saturated heterocycles. The topological polar surface area (TPSA) is 97.4 Å². The van der Waals surface area contributed by atoms with Crippen molar-refractivity contribution in [3.8, 4) is 11.5 Å². The SMILES string of the molecule is O=C1NC(=O)[C@@]2(Cc3ccccc3N3CCOC[C@H]32)C(=O)N1c1ccc2c(c1)OCO2. The minimum Gasteiger partial charge on any atom is -0.454 e. The number of rotatable bonds is 1. The van der Waals surface area contributed by atoms with Crippen LogP contribution in [0.2, 0.25) is 0 Å². The van der Waals surface area contributed by atoms with Crippen molar-refractivity contribution in [2.24, 2.45) is 5.41 Å². The van der Waals surface area contributed by atoms with Crippen molar-refractivity contribution < 1.29 is 28.6 Å². The average molecular weight is 421 g/mol. The Morgan fingerprint density at radius 3 is 2.77 bits per heavy atom. The number of amides is 4. The molecule has 158 valence electrons. The summed E-state index contributed by atoms with van der Waals surface area (Å²) < 4.78 is 16.4. The van der Waals surface area contributed by atoms with E-state index in [0.717, 1.165) is 16.2 Å². The maximum Gasteiger partial charge on any atom is 0.335 e. The van der Waals surface area contributed by atoms with Gasteiger partial charge in [-0.1, -0.05) is 18.2 Å². The number of carbonyl (C=O) groups excluding carboxylic acids is 3. The molecule has 1 spiro atoms. The molecule has 9 heteroatoms. The monoisotopic (exact) mass is 421 g/mol. The van der Waals surface area contributed by atoms with Crippen molar-refractivity contribution in [2.75, 3.05) is 36.4 Å². The molecule has 9 nitrogen and oxygen atoms in total. The van der Waals surface area contributed by atoms with E-state index < -0.39 is 29.3 Å². The van der Waals surface area contributed by atoms with Crippen LogP contribution in [-0.2, 0) is 20.7 Å². The van der Waals surface area contributed by atoms with Crippen LogP contribution >= 0.6 is 0 Å². The Morgan fingerprint density at radius 1 is 1.03 bits per heavy atom. The number of ether oxygens (including phenoxy) is 3. The molecular weight excluding hydrogens is 402 g/mol. The lowest BCUT2D eigenvalue weighted by atomic mass is 9.68. The first-order valence-corrected chi connectivity index (χ1v) is 10.1. The Morgan fingerprint density at radius 2 is 1.87 bits per heavy atom. The molecule has 4 heterocycles. The first-order chi connectivity index (χ1) is 15.1. The van der Waals surface area contributed by atoms with E-state index in [-0.39, 0.29) is 19.8 Å². The summed E-state index contributed by atoms with van der Waals surface area (Å²) in [6.07, 6.45) is 0.187. The molecule has 0 aromatic heterocycles. The summed E-state index contributed by atoms with van der Waals surface area (Å²) in [6.45, 7) is 1.35. The summed E-state index contributed by atoms with van der Waals surface area (Å²) >= 11 is 0. The van der Waals surface area contributed by atoms with Crippen molar-refractivity contribution in [3.63, 3.8) is 0 Å². The summed E-state index contributed by atoms with van der Waals surface area (Å²) in [6, 6.07) is 11.3. The van der Waals surface area contributed by atoms with Gasteiger partial charge in [-0.25, -0.2) is 9.69 Å². The number of nitrogens with zero attached hydrogens (tertiary/aromatic N) is 2.